The Hall–Kier alpha value is -3.45. The molecule has 4 aromatic rings. The van der Waals surface area contributed by atoms with Crippen LogP contribution >= 0.6 is 0 Å². The summed E-state index contributed by atoms with van der Waals surface area (Å²) in [7, 11) is -2.09. The van der Waals surface area contributed by atoms with E-state index in [1.54, 1.807) is 19.2 Å². The molecule has 0 saturated heterocycles. The lowest BCUT2D eigenvalue weighted by atomic mass is 9.94. The molecule has 37 heavy (non-hydrogen) atoms. The lowest BCUT2D eigenvalue weighted by Crippen LogP contribution is -2.39. The van der Waals surface area contributed by atoms with Crippen LogP contribution in [0.2, 0.25) is 0 Å². The van der Waals surface area contributed by atoms with E-state index in [2.05, 4.69) is 22.2 Å². The van der Waals surface area contributed by atoms with Crippen LogP contribution in [0.4, 0.5) is 0 Å². The van der Waals surface area contributed by atoms with Crippen molar-refractivity contribution in [2.45, 2.75) is 36.7 Å². The van der Waals surface area contributed by atoms with Crippen LogP contribution in [0.15, 0.2) is 114 Å². The average molecular weight is 515 g/mol. The van der Waals surface area contributed by atoms with E-state index in [-0.39, 0.29) is 10.9 Å². The number of sulfonamides is 1. The molecule has 0 radical (unpaired) electrons. The van der Waals surface area contributed by atoms with Gasteiger partial charge < -0.3 is 10.1 Å². The molecular formula is C31H34N2O3S. The lowest BCUT2D eigenvalue weighted by Gasteiger charge is -2.30. The second-order valence-electron chi connectivity index (χ2n) is 9.12. The molecule has 2 unspecified atom stereocenters. The van der Waals surface area contributed by atoms with E-state index in [1.165, 1.54) is 5.56 Å². The van der Waals surface area contributed by atoms with Gasteiger partial charge >= 0.3 is 0 Å². The topological polar surface area (TPSA) is 67.4 Å². The van der Waals surface area contributed by atoms with Gasteiger partial charge in [0.1, 0.15) is 5.75 Å². The second-order valence-corrected chi connectivity index (χ2v) is 10.8. The van der Waals surface area contributed by atoms with E-state index in [1.807, 2.05) is 91.9 Å². The summed E-state index contributed by atoms with van der Waals surface area (Å²) in [6.07, 6.45) is 1.81. The molecule has 4 aromatic carbocycles. The number of ether oxygens (including phenoxy) is 1. The molecule has 0 heterocycles. The van der Waals surface area contributed by atoms with Crippen LogP contribution in [0.25, 0.3) is 0 Å². The number of benzene rings is 4. The first-order chi connectivity index (χ1) is 18.0. The molecule has 0 aromatic heterocycles. The average Bonchev–Trinajstić information content (AvgIpc) is 2.93. The largest absolute Gasteiger partial charge is 0.497 e. The molecule has 2 N–H and O–H groups in total. The van der Waals surface area contributed by atoms with Gasteiger partial charge in [0.05, 0.1) is 24.1 Å². The maximum Gasteiger partial charge on any atom is 0.241 e. The van der Waals surface area contributed by atoms with E-state index in [0.29, 0.717) is 0 Å². The Bertz CT molecular complexity index is 1340. The molecule has 0 bridgehead atoms. The summed E-state index contributed by atoms with van der Waals surface area (Å²) in [5.74, 6) is 0.845. The predicted octanol–water partition coefficient (Wildman–Crippen LogP) is 5.99. The fourth-order valence-electron chi connectivity index (χ4n) is 4.37. The van der Waals surface area contributed by atoms with Gasteiger partial charge in [0.2, 0.25) is 10.0 Å². The first-order valence-electron chi connectivity index (χ1n) is 12.5. The minimum Gasteiger partial charge on any atom is -0.497 e. The summed E-state index contributed by atoms with van der Waals surface area (Å²) in [4.78, 5) is 0.255. The molecule has 5 nitrogen and oxygen atoms in total. The third-order valence-corrected chi connectivity index (χ3v) is 7.89. The molecular weight excluding hydrogens is 480 g/mol. The zero-order valence-electron chi connectivity index (χ0n) is 21.3. The molecule has 0 aliphatic carbocycles. The van der Waals surface area contributed by atoms with Crippen molar-refractivity contribution in [2.75, 3.05) is 13.7 Å². The number of rotatable bonds is 12. The molecule has 192 valence electrons. The highest BCUT2D eigenvalue weighted by Gasteiger charge is 2.29. The van der Waals surface area contributed by atoms with E-state index in [9.17, 15) is 8.42 Å². The summed E-state index contributed by atoms with van der Waals surface area (Å²) < 4.78 is 35.2. The van der Waals surface area contributed by atoms with Gasteiger partial charge in [0, 0.05) is 0 Å². The summed E-state index contributed by atoms with van der Waals surface area (Å²) in [5.41, 5.74) is 4.17. The number of nitrogens with one attached hydrogen (secondary N) is 2. The van der Waals surface area contributed by atoms with Gasteiger partial charge in [-0.3, -0.25) is 0 Å². The zero-order chi connectivity index (χ0) is 26.1. The number of hydrogen-bond donors (Lipinski definition) is 2. The van der Waals surface area contributed by atoms with E-state index < -0.39 is 16.1 Å². The third-order valence-electron chi connectivity index (χ3n) is 6.43. The molecule has 0 saturated carbocycles. The van der Waals surface area contributed by atoms with Gasteiger partial charge in [0.25, 0.3) is 0 Å². The highest BCUT2D eigenvalue weighted by atomic mass is 32.2. The molecule has 2 atom stereocenters. The molecule has 0 amide bonds. The zero-order valence-corrected chi connectivity index (χ0v) is 22.1. The van der Waals surface area contributed by atoms with Crippen LogP contribution in [0, 0.1) is 6.92 Å². The van der Waals surface area contributed by atoms with Gasteiger partial charge in [-0.05, 0) is 67.3 Å². The minimum absolute atomic E-state index is 0.255. The van der Waals surface area contributed by atoms with Crippen molar-refractivity contribution in [3.8, 4) is 5.75 Å². The van der Waals surface area contributed by atoms with Gasteiger partial charge in [-0.2, -0.15) is 0 Å². The minimum atomic E-state index is -3.76. The summed E-state index contributed by atoms with van der Waals surface area (Å²) >= 11 is 0. The lowest BCUT2D eigenvalue weighted by molar-refractivity contribution is 0.414. The molecule has 6 heteroatoms. The molecule has 0 fully saturated rings. The van der Waals surface area contributed by atoms with Crippen molar-refractivity contribution in [3.05, 3.63) is 131 Å². The van der Waals surface area contributed by atoms with Crippen LogP contribution in [-0.4, -0.2) is 22.1 Å². The molecule has 4 rings (SSSR count). The summed E-state index contributed by atoms with van der Waals surface area (Å²) in [5, 5.41) is 3.66. The molecule has 0 spiro atoms. The second kappa shape index (κ2) is 12.7. The van der Waals surface area contributed by atoms with Crippen molar-refractivity contribution in [3.63, 3.8) is 0 Å². The Balaban J connectivity index is 1.58. The van der Waals surface area contributed by atoms with E-state index in [0.717, 1.165) is 41.8 Å². The maximum atomic E-state index is 13.5. The summed E-state index contributed by atoms with van der Waals surface area (Å²) in [6.45, 7) is 2.67. The quantitative estimate of drug-likeness (QED) is 0.228. The molecule has 0 aliphatic heterocycles. The van der Waals surface area contributed by atoms with Crippen molar-refractivity contribution >= 4 is 10.0 Å². The van der Waals surface area contributed by atoms with Crippen LogP contribution in [0.1, 0.15) is 40.8 Å². The number of hydrogen-bond acceptors (Lipinski definition) is 4. The smallest absolute Gasteiger partial charge is 0.241 e. The van der Waals surface area contributed by atoms with Crippen molar-refractivity contribution in [1.29, 1.82) is 0 Å². The van der Waals surface area contributed by atoms with Gasteiger partial charge in [-0.1, -0.05) is 90.5 Å². The van der Waals surface area contributed by atoms with Crippen molar-refractivity contribution in [1.82, 2.24) is 10.0 Å². The monoisotopic (exact) mass is 514 g/mol. The predicted molar refractivity (Wildman–Crippen MR) is 149 cm³/mol. The highest BCUT2D eigenvalue weighted by Crippen LogP contribution is 2.31. The SMILES string of the molecule is COc1ccc(CCCNC(c2ccccc2)C(NS(=O)(=O)c2ccc(C)cc2)c2ccccc2)cc1. The summed E-state index contributed by atoms with van der Waals surface area (Å²) in [6, 6.07) is 34.0. The maximum absolute atomic E-state index is 13.5. The van der Waals surface area contributed by atoms with Crippen LogP contribution in [0.5, 0.6) is 5.75 Å². The van der Waals surface area contributed by atoms with Crippen LogP contribution in [0.3, 0.4) is 0 Å². The Kier molecular flexibility index (Phi) is 9.12. The van der Waals surface area contributed by atoms with Crippen LogP contribution in [-0.2, 0) is 16.4 Å². The van der Waals surface area contributed by atoms with Gasteiger partial charge in [-0.15, -0.1) is 0 Å². The van der Waals surface area contributed by atoms with E-state index >= 15 is 0 Å². The van der Waals surface area contributed by atoms with Crippen molar-refractivity contribution in [2.24, 2.45) is 0 Å². The highest BCUT2D eigenvalue weighted by molar-refractivity contribution is 7.89. The normalized spacial score (nSPS) is 13.1. The fraction of sp³-hybridized carbons (Fsp3) is 0.226. The Morgan fingerprint density at radius 3 is 1.86 bits per heavy atom. The first kappa shape index (κ1) is 26.6. The standard InChI is InChI=1S/C31H34N2O3S/c1-24-15-21-29(22-16-24)37(34,35)33-31(27-13-7-4-8-14-27)30(26-11-5-3-6-12-26)32-23-9-10-25-17-19-28(36-2)20-18-25/h3-8,11-22,30-33H,9-10,23H2,1-2H3. The Morgan fingerprint density at radius 1 is 0.730 bits per heavy atom. The number of methoxy groups -OCH3 is 1. The van der Waals surface area contributed by atoms with Gasteiger partial charge in [-0.25, -0.2) is 13.1 Å². The Labute approximate surface area is 220 Å². The van der Waals surface area contributed by atoms with Gasteiger partial charge in [0.15, 0.2) is 0 Å². The third kappa shape index (κ3) is 7.29. The van der Waals surface area contributed by atoms with E-state index in [4.69, 9.17) is 4.74 Å². The first-order valence-corrected chi connectivity index (χ1v) is 14.0. The fourth-order valence-corrected chi connectivity index (χ4v) is 5.61. The Morgan fingerprint density at radius 2 is 1.30 bits per heavy atom. The van der Waals surface area contributed by atoms with Crippen LogP contribution < -0.4 is 14.8 Å². The number of aryl methyl sites for hydroxylation is 2. The molecule has 0 aliphatic rings. The van der Waals surface area contributed by atoms with Crippen molar-refractivity contribution < 1.29 is 13.2 Å².